The zero-order valence-corrected chi connectivity index (χ0v) is 23.2. The lowest BCUT2D eigenvalue weighted by Crippen LogP contribution is -2.63. The van der Waals surface area contributed by atoms with E-state index in [1.54, 1.807) is 6.92 Å². The molecule has 0 saturated carbocycles. The van der Waals surface area contributed by atoms with Crippen LogP contribution >= 0.6 is 0 Å². The molecule has 0 bridgehead atoms. The van der Waals surface area contributed by atoms with Gasteiger partial charge in [0.05, 0.1) is 7.11 Å². The number of hydrogen-bond donors (Lipinski definition) is 0. The number of carbonyl (C=O) groups is 6. The summed E-state index contributed by atoms with van der Waals surface area (Å²) in [5, 5.41) is 0. The number of ketones is 1. The fourth-order valence-corrected chi connectivity index (χ4v) is 3.88. The van der Waals surface area contributed by atoms with Crippen LogP contribution < -0.4 is 9.47 Å². The van der Waals surface area contributed by atoms with Crippen molar-refractivity contribution in [1.29, 1.82) is 0 Å². The van der Waals surface area contributed by atoms with E-state index in [1.807, 2.05) is 0 Å². The predicted octanol–water partition coefficient (Wildman–Crippen LogP) is 1.21. The molecule has 1 fully saturated rings. The van der Waals surface area contributed by atoms with Crippen LogP contribution in [0, 0.1) is 6.92 Å². The summed E-state index contributed by atoms with van der Waals surface area (Å²) in [6, 6.07) is 2.97. The van der Waals surface area contributed by atoms with Gasteiger partial charge >= 0.3 is 29.8 Å². The maximum absolute atomic E-state index is 12.7. The summed E-state index contributed by atoms with van der Waals surface area (Å²) < 4.78 is 43.2. The molecule has 0 amide bonds. The molecule has 0 spiro atoms. The van der Waals surface area contributed by atoms with Crippen LogP contribution in [0.25, 0.3) is 0 Å². The molecule has 2 rings (SSSR count). The maximum Gasteiger partial charge on any atom is 0.343 e. The Balaban J connectivity index is 2.62. The van der Waals surface area contributed by atoms with E-state index in [-0.39, 0.29) is 17.1 Å². The maximum atomic E-state index is 12.7. The Bertz CT molecular complexity index is 1140. The number of carbonyl (C=O) groups excluding carboxylic acids is 6. The summed E-state index contributed by atoms with van der Waals surface area (Å²) in [6.45, 7) is 6.34. The molecule has 0 aliphatic carbocycles. The number of ether oxygens (including phenoxy) is 8. The molecule has 1 aliphatic rings. The average molecular weight is 569 g/mol. The second kappa shape index (κ2) is 14.3. The van der Waals surface area contributed by atoms with Crippen LogP contribution in [0.4, 0.5) is 0 Å². The van der Waals surface area contributed by atoms with E-state index >= 15 is 0 Å². The third kappa shape index (κ3) is 8.93. The van der Waals surface area contributed by atoms with Gasteiger partial charge in [0.1, 0.15) is 29.8 Å². The van der Waals surface area contributed by atoms with E-state index < -0.39 is 79.5 Å². The molecule has 40 heavy (non-hydrogen) atoms. The second-order valence-corrected chi connectivity index (χ2v) is 8.74. The van der Waals surface area contributed by atoms with Gasteiger partial charge in [0, 0.05) is 27.7 Å². The normalized spacial score (nSPS) is 21.8. The molecule has 14 nitrogen and oxygen atoms in total. The van der Waals surface area contributed by atoms with Gasteiger partial charge in [0.25, 0.3) is 0 Å². The van der Waals surface area contributed by atoms with Gasteiger partial charge in [-0.05, 0) is 31.5 Å². The number of rotatable bonds is 11. The Morgan fingerprint density at radius 1 is 0.775 bits per heavy atom. The fraction of sp³-hybridized carbons (Fsp3) is 0.538. The topological polar surface area (TPSA) is 176 Å². The Hall–Kier alpha value is -4.20. The molecular weight excluding hydrogens is 536 g/mol. The van der Waals surface area contributed by atoms with Gasteiger partial charge in [-0.2, -0.15) is 0 Å². The number of methoxy groups -OCH3 is 1. The molecule has 0 radical (unpaired) electrons. The highest BCUT2D eigenvalue weighted by atomic mass is 16.7. The number of benzene rings is 1. The van der Waals surface area contributed by atoms with Crippen LogP contribution in [0.1, 0.15) is 50.5 Å². The van der Waals surface area contributed by atoms with Crippen molar-refractivity contribution in [3.05, 3.63) is 23.3 Å². The number of Topliss-reactive ketones (excluding diaryl/α,β-unsaturated/α-hetero) is 1. The lowest BCUT2D eigenvalue weighted by molar-refractivity contribution is -0.288. The molecule has 0 unspecified atom stereocenters. The quantitative estimate of drug-likeness (QED) is 0.211. The fourth-order valence-electron chi connectivity index (χ4n) is 3.88. The van der Waals surface area contributed by atoms with Crippen LogP contribution in [0.2, 0.25) is 0 Å². The van der Waals surface area contributed by atoms with Gasteiger partial charge in [-0.25, -0.2) is 4.79 Å². The highest BCUT2D eigenvalue weighted by molar-refractivity contribution is 6.00. The standard InChI is InChI=1S/C26H32O14/c1-12-8-18(35-11-21(32)33-7)22(13(2)27)19(9-12)39-26-25(38-17(6)31)24(37-16(5)30)23(36-15(4)29)20(40-26)10-34-14(3)28/h8-9,20,23-26H,10-11H2,1-7H3/t20-,23-,24+,25-,26-/m1/s1. The first-order chi connectivity index (χ1) is 18.7. The SMILES string of the molecule is COC(=O)COc1cc(C)cc(O[C@@H]2O[C@H](COC(C)=O)[C@@H](OC(C)=O)[C@H](OC(C)=O)[C@H]2OC(C)=O)c1C(C)=O. The van der Waals surface area contributed by atoms with Crippen molar-refractivity contribution in [2.75, 3.05) is 20.3 Å². The van der Waals surface area contributed by atoms with Crippen molar-refractivity contribution >= 4 is 35.6 Å². The monoisotopic (exact) mass is 568 g/mol. The third-order valence-corrected chi connectivity index (χ3v) is 5.33. The van der Waals surface area contributed by atoms with Gasteiger partial charge in [0.2, 0.25) is 12.4 Å². The van der Waals surface area contributed by atoms with Crippen molar-refractivity contribution in [3.8, 4) is 11.5 Å². The van der Waals surface area contributed by atoms with Gasteiger partial charge in [-0.3, -0.25) is 24.0 Å². The summed E-state index contributed by atoms with van der Waals surface area (Å²) in [7, 11) is 1.17. The molecule has 1 heterocycles. The first kappa shape index (κ1) is 32.0. The van der Waals surface area contributed by atoms with Crippen molar-refractivity contribution in [2.24, 2.45) is 0 Å². The summed E-state index contributed by atoms with van der Waals surface area (Å²) in [5.41, 5.74) is 0.466. The number of aryl methyl sites for hydroxylation is 1. The highest BCUT2D eigenvalue weighted by Gasteiger charge is 2.53. The van der Waals surface area contributed by atoms with Crippen LogP contribution in [0.3, 0.4) is 0 Å². The second-order valence-electron chi connectivity index (χ2n) is 8.74. The first-order valence-corrected chi connectivity index (χ1v) is 12.1. The molecule has 1 aromatic rings. The van der Waals surface area contributed by atoms with E-state index in [9.17, 15) is 28.8 Å². The Labute approximate surface area is 230 Å². The predicted molar refractivity (Wildman–Crippen MR) is 131 cm³/mol. The van der Waals surface area contributed by atoms with E-state index in [0.29, 0.717) is 5.56 Å². The molecule has 0 N–H and O–H groups in total. The summed E-state index contributed by atoms with van der Waals surface area (Å²) >= 11 is 0. The Morgan fingerprint density at radius 3 is 1.85 bits per heavy atom. The molecular formula is C26H32O14. The van der Waals surface area contributed by atoms with Crippen molar-refractivity contribution in [1.82, 2.24) is 0 Å². The van der Waals surface area contributed by atoms with E-state index in [0.717, 1.165) is 27.7 Å². The lowest BCUT2D eigenvalue weighted by atomic mass is 9.98. The van der Waals surface area contributed by atoms with E-state index in [1.165, 1.54) is 26.2 Å². The van der Waals surface area contributed by atoms with Gasteiger partial charge in [-0.1, -0.05) is 0 Å². The van der Waals surface area contributed by atoms with Gasteiger partial charge in [0.15, 0.2) is 24.6 Å². The zero-order valence-electron chi connectivity index (χ0n) is 23.2. The van der Waals surface area contributed by atoms with Crippen LogP contribution in [-0.4, -0.2) is 86.7 Å². The summed E-state index contributed by atoms with van der Waals surface area (Å²) in [4.78, 5) is 71.8. The molecule has 1 saturated heterocycles. The number of hydrogen-bond acceptors (Lipinski definition) is 14. The van der Waals surface area contributed by atoms with Gasteiger partial charge in [-0.15, -0.1) is 0 Å². The van der Waals surface area contributed by atoms with Crippen LogP contribution in [0.5, 0.6) is 11.5 Å². The van der Waals surface area contributed by atoms with Crippen molar-refractivity contribution in [2.45, 2.75) is 72.2 Å². The molecule has 1 aromatic carbocycles. The minimum Gasteiger partial charge on any atom is -0.481 e. The Morgan fingerprint density at radius 2 is 1.32 bits per heavy atom. The number of esters is 5. The minimum atomic E-state index is -1.58. The lowest BCUT2D eigenvalue weighted by Gasteiger charge is -2.44. The molecule has 5 atom stereocenters. The Kier molecular flexibility index (Phi) is 11.4. The smallest absolute Gasteiger partial charge is 0.343 e. The van der Waals surface area contributed by atoms with E-state index in [4.69, 9.17) is 33.2 Å². The summed E-state index contributed by atoms with van der Waals surface area (Å²) in [6.07, 6.45) is -7.19. The molecule has 1 aliphatic heterocycles. The molecule has 14 heteroatoms. The average Bonchev–Trinajstić information content (AvgIpc) is 2.83. The molecule has 0 aromatic heterocycles. The van der Waals surface area contributed by atoms with Gasteiger partial charge < -0.3 is 37.9 Å². The van der Waals surface area contributed by atoms with E-state index in [2.05, 4.69) is 4.74 Å². The third-order valence-electron chi connectivity index (χ3n) is 5.33. The van der Waals surface area contributed by atoms with Crippen molar-refractivity contribution < 1.29 is 66.7 Å². The minimum absolute atomic E-state index is 0.00136. The van der Waals surface area contributed by atoms with Crippen LogP contribution in [-0.2, 0) is 52.4 Å². The summed E-state index contributed by atoms with van der Waals surface area (Å²) in [5.74, 6) is -4.41. The molecule has 220 valence electrons. The van der Waals surface area contributed by atoms with Crippen molar-refractivity contribution in [3.63, 3.8) is 0 Å². The first-order valence-electron chi connectivity index (χ1n) is 12.1. The largest absolute Gasteiger partial charge is 0.481 e. The zero-order chi connectivity index (χ0) is 30.1. The van der Waals surface area contributed by atoms with Crippen LogP contribution in [0.15, 0.2) is 12.1 Å². The highest BCUT2D eigenvalue weighted by Crippen LogP contribution is 2.36.